The largest absolute Gasteiger partial charge is 0.445 e. The normalized spacial score (nSPS) is 16.1. The molecule has 0 saturated carbocycles. The van der Waals surface area contributed by atoms with Crippen LogP contribution in [0, 0.1) is 0 Å². The zero-order valence-electron chi connectivity index (χ0n) is 8.23. The molecule has 0 N–H and O–H groups in total. The predicted octanol–water partition coefficient (Wildman–Crippen LogP) is 1.73. The second-order valence-corrected chi connectivity index (χ2v) is 3.51. The number of hydrogen-bond acceptors (Lipinski definition) is 4. The van der Waals surface area contributed by atoms with Crippen molar-refractivity contribution in [3.63, 3.8) is 0 Å². The fraction of sp³-hybridized carbons (Fsp3) is 0.556. The number of amides is 1. The third-order valence-corrected chi connectivity index (χ3v) is 2.46. The zero-order valence-corrected chi connectivity index (χ0v) is 9.05. The van der Waals surface area contributed by atoms with Crippen LogP contribution in [0.3, 0.4) is 0 Å². The molecule has 0 spiro atoms. The van der Waals surface area contributed by atoms with Crippen LogP contribution in [-0.2, 0) is 4.74 Å². The van der Waals surface area contributed by atoms with Gasteiger partial charge in [-0.25, -0.2) is 4.79 Å². The van der Waals surface area contributed by atoms with Gasteiger partial charge >= 0.3 is 6.09 Å². The minimum absolute atomic E-state index is 0.247. The van der Waals surface area contributed by atoms with E-state index in [1.807, 2.05) is 6.26 Å². The summed E-state index contributed by atoms with van der Waals surface area (Å²) in [6.07, 6.45) is 4.01. The number of ether oxygens (including phenoxy) is 1. The summed E-state index contributed by atoms with van der Waals surface area (Å²) in [5.74, 6) is 0. The van der Waals surface area contributed by atoms with Crippen molar-refractivity contribution in [3.05, 3.63) is 12.7 Å². The summed E-state index contributed by atoms with van der Waals surface area (Å²) < 4.78 is 4.94. The molecule has 5 heteroatoms. The summed E-state index contributed by atoms with van der Waals surface area (Å²) in [7, 11) is 0. The Balaban J connectivity index is 2.56. The van der Waals surface area contributed by atoms with Gasteiger partial charge in [-0.3, -0.25) is 9.89 Å². The molecule has 0 fully saturated rings. The molecule has 0 saturated heterocycles. The Morgan fingerprint density at radius 1 is 1.86 bits per heavy atom. The zero-order chi connectivity index (χ0) is 10.4. The number of aliphatic imine (C=N–C) groups is 1. The van der Waals surface area contributed by atoms with Crippen LogP contribution in [0.15, 0.2) is 17.6 Å². The van der Waals surface area contributed by atoms with Gasteiger partial charge in [-0.2, -0.15) is 0 Å². The van der Waals surface area contributed by atoms with Crippen molar-refractivity contribution in [1.29, 1.82) is 0 Å². The van der Waals surface area contributed by atoms with Crippen molar-refractivity contribution in [2.75, 3.05) is 26.0 Å². The summed E-state index contributed by atoms with van der Waals surface area (Å²) in [6.45, 7) is 5.22. The molecule has 78 valence electrons. The maximum atomic E-state index is 11.5. The first kappa shape index (κ1) is 11.1. The molecule has 1 rings (SSSR count). The summed E-state index contributed by atoms with van der Waals surface area (Å²) >= 11 is 1.46. The molecule has 1 aliphatic heterocycles. The first-order valence-corrected chi connectivity index (χ1v) is 5.65. The molecule has 0 aliphatic carbocycles. The van der Waals surface area contributed by atoms with E-state index in [9.17, 15) is 4.79 Å². The second-order valence-electron chi connectivity index (χ2n) is 2.74. The number of nitrogens with zero attached hydrogens (tertiary/aromatic N) is 2. The van der Waals surface area contributed by atoms with Crippen LogP contribution in [0.4, 0.5) is 4.79 Å². The highest BCUT2D eigenvalue weighted by atomic mass is 32.2. The van der Waals surface area contributed by atoms with E-state index < -0.39 is 0 Å². The van der Waals surface area contributed by atoms with E-state index in [-0.39, 0.29) is 12.7 Å². The van der Waals surface area contributed by atoms with Crippen LogP contribution in [0.1, 0.15) is 6.42 Å². The van der Waals surface area contributed by atoms with Gasteiger partial charge in [0.05, 0.1) is 0 Å². The lowest BCUT2D eigenvalue weighted by Gasteiger charge is -2.25. The molecule has 0 bridgehead atoms. The van der Waals surface area contributed by atoms with E-state index in [1.165, 1.54) is 11.8 Å². The van der Waals surface area contributed by atoms with Gasteiger partial charge in [0.2, 0.25) is 0 Å². The Hall–Kier alpha value is -0.970. The molecule has 4 nitrogen and oxygen atoms in total. The number of rotatable bonds is 2. The molecule has 0 aromatic heterocycles. The smallest absolute Gasteiger partial charge is 0.416 e. The molecule has 1 heterocycles. The van der Waals surface area contributed by atoms with Gasteiger partial charge in [-0.05, 0) is 12.7 Å². The van der Waals surface area contributed by atoms with Crippen molar-refractivity contribution in [2.45, 2.75) is 6.42 Å². The standard InChI is InChI=1S/C9H14N2O2S/c1-3-7-13-9(12)11-6-4-5-10-8(11)14-2/h3H,1,4-7H2,2H3. The van der Waals surface area contributed by atoms with Crippen molar-refractivity contribution >= 4 is 23.0 Å². The van der Waals surface area contributed by atoms with E-state index in [0.29, 0.717) is 6.54 Å². The first-order chi connectivity index (χ1) is 6.79. The molecule has 0 aromatic carbocycles. The van der Waals surface area contributed by atoms with Crippen LogP contribution in [0.5, 0.6) is 0 Å². The highest BCUT2D eigenvalue weighted by molar-refractivity contribution is 8.13. The van der Waals surface area contributed by atoms with E-state index in [4.69, 9.17) is 4.74 Å². The molecule has 14 heavy (non-hydrogen) atoms. The predicted molar refractivity (Wildman–Crippen MR) is 58.7 cm³/mol. The Labute approximate surface area is 88.0 Å². The summed E-state index contributed by atoms with van der Waals surface area (Å²) in [6, 6.07) is 0. The van der Waals surface area contributed by atoms with Crippen molar-refractivity contribution in [3.8, 4) is 0 Å². The quantitative estimate of drug-likeness (QED) is 0.657. The Bertz CT molecular complexity index is 253. The lowest BCUT2D eigenvalue weighted by atomic mass is 10.4. The van der Waals surface area contributed by atoms with Crippen molar-refractivity contribution in [1.82, 2.24) is 4.90 Å². The summed E-state index contributed by atoms with van der Waals surface area (Å²) in [5, 5.41) is 0.741. The van der Waals surface area contributed by atoms with Crippen LogP contribution in [0.25, 0.3) is 0 Å². The van der Waals surface area contributed by atoms with Crippen LogP contribution >= 0.6 is 11.8 Å². The Kier molecular flexibility index (Phi) is 4.52. The Morgan fingerprint density at radius 2 is 2.64 bits per heavy atom. The monoisotopic (exact) mass is 214 g/mol. The number of carbonyl (C=O) groups is 1. The maximum absolute atomic E-state index is 11.5. The molecular formula is C9H14N2O2S. The van der Waals surface area contributed by atoms with Crippen molar-refractivity contribution in [2.24, 2.45) is 4.99 Å². The van der Waals surface area contributed by atoms with Gasteiger partial charge in [0, 0.05) is 13.1 Å². The van der Waals surface area contributed by atoms with Gasteiger partial charge in [-0.15, -0.1) is 0 Å². The number of carbonyl (C=O) groups excluding carboxylic acids is 1. The number of thioether (sulfide) groups is 1. The van der Waals surface area contributed by atoms with E-state index in [2.05, 4.69) is 11.6 Å². The summed E-state index contributed by atoms with van der Waals surface area (Å²) in [4.78, 5) is 17.3. The van der Waals surface area contributed by atoms with Gasteiger partial charge in [0.25, 0.3) is 0 Å². The molecular weight excluding hydrogens is 200 g/mol. The lowest BCUT2D eigenvalue weighted by molar-refractivity contribution is 0.133. The fourth-order valence-corrected chi connectivity index (χ4v) is 1.74. The minimum Gasteiger partial charge on any atom is -0.445 e. The van der Waals surface area contributed by atoms with Gasteiger partial charge in [0.15, 0.2) is 5.17 Å². The molecule has 0 radical (unpaired) electrons. The van der Waals surface area contributed by atoms with Crippen LogP contribution < -0.4 is 0 Å². The van der Waals surface area contributed by atoms with Crippen LogP contribution in [-0.4, -0.2) is 42.1 Å². The third kappa shape index (κ3) is 2.77. The molecule has 1 amide bonds. The highest BCUT2D eigenvalue weighted by Gasteiger charge is 2.22. The third-order valence-electron chi connectivity index (χ3n) is 1.75. The highest BCUT2D eigenvalue weighted by Crippen LogP contribution is 2.12. The Morgan fingerprint density at radius 3 is 3.29 bits per heavy atom. The SMILES string of the molecule is C=CCOC(=O)N1CCCN=C1SC. The second kappa shape index (κ2) is 5.70. The number of amidine groups is 1. The van der Waals surface area contributed by atoms with Gasteiger partial charge in [0.1, 0.15) is 6.61 Å². The molecule has 0 aromatic rings. The molecule has 0 unspecified atom stereocenters. The average Bonchev–Trinajstić information content (AvgIpc) is 2.25. The topological polar surface area (TPSA) is 41.9 Å². The van der Waals surface area contributed by atoms with Crippen LogP contribution in [0.2, 0.25) is 0 Å². The van der Waals surface area contributed by atoms with Crippen molar-refractivity contribution < 1.29 is 9.53 Å². The van der Waals surface area contributed by atoms with Gasteiger partial charge in [-0.1, -0.05) is 24.4 Å². The van der Waals surface area contributed by atoms with Gasteiger partial charge < -0.3 is 4.74 Å². The molecule has 0 atom stereocenters. The molecule has 1 aliphatic rings. The minimum atomic E-state index is -0.335. The fourth-order valence-electron chi connectivity index (χ4n) is 1.14. The lowest BCUT2D eigenvalue weighted by Crippen LogP contribution is -2.39. The number of hydrogen-bond donors (Lipinski definition) is 0. The average molecular weight is 214 g/mol. The first-order valence-electron chi connectivity index (χ1n) is 4.43. The van der Waals surface area contributed by atoms with E-state index in [0.717, 1.165) is 18.1 Å². The van der Waals surface area contributed by atoms with E-state index in [1.54, 1.807) is 11.0 Å². The summed E-state index contributed by atoms with van der Waals surface area (Å²) in [5.41, 5.74) is 0. The maximum Gasteiger partial charge on any atom is 0.416 e. The van der Waals surface area contributed by atoms with E-state index >= 15 is 0 Å².